The Balaban J connectivity index is 2.27. The number of aryl methyl sites for hydroxylation is 1. The van der Waals surface area contributed by atoms with Gasteiger partial charge in [0.05, 0.1) is 12.3 Å². The van der Waals surface area contributed by atoms with Crippen LogP contribution in [-0.4, -0.2) is 22.5 Å². The van der Waals surface area contributed by atoms with E-state index in [1.807, 2.05) is 38.1 Å². The summed E-state index contributed by atoms with van der Waals surface area (Å²) >= 11 is 0. The lowest BCUT2D eigenvalue weighted by molar-refractivity contribution is 0.340. The maximum atomic E-state index is 10.1. The van der Waals surface area contributed by atoms with Crippen molar-refractivity contribution < 1.29 is 14.9 Å². The van der Waals surface area contributed by atoms with Gasteiger partial charge in [0.15, 0.2) is 0 Å². The van der Waals surface area contributed by atoms with Crippen LogP contribution < -0.4 is 10.6 Å². The molecule has 2 aromatic carbocycles. The molecule has 0 saturated carbocycles. The third-order valence-electron chi connectivity index (χ3n) is 3.65. The highest BCUT2D eigenvalue weighted by Crippen LogP contribution is 2.29. The first kappa shape index (κ1) is 16.7. The summed E-state index contributed by atoms with van der Waals surface area (Å²) in [5, 5.41) is 23.7. The minimum Gasteiger partial charge on any atom is -0.508 e. The zero-order chi connectivity index (χ0) is 16.8. The second-order valence-corrected chi connectivity index (χ2v) is 5.18. The summed E-state index contributed by atoms with van der Waals surface area (Å²) in [5.41, 5.74) is 2.84. The van der Waals surface area contributed by atoms with Gasteiger partial charge >= 0.3 is 0 Å². The lowest BCUT2D eigenvalue weighted by atomic mass is 9.98. The molecule has 0 aliphatic rings. The van der Waals surface area contributed by atoms with Gasteiger partial charge in [0, 0.05) is 18.1 Å². The third-order valence-corrected chi connectivity index (χ3v) is 3.65. The Morgan fingerprint density at radius 2 is 1.78 bits per heavy atom. The molecule has 0 fully saturated rings. The minimum atomic E-state index is -0.0326. The summed E-state index contributed by atoms with van der Waals surface area (Å²) in [4.78, 5) is 0. The molecule has 0 aliphatic carbocycles. The molecule has 0 spiro atoms. The highest BCUT2D eigenvalue weighted by molar-refractivity contribution is 6.04. The molecule has 122 valence electrons. The Morgan fingerprint density at radius 1 is 1.09 bits per heavy atom. The van der Waals surface area contributed by atoms with E-state index in [1.165, 1.54) is 6.07 Å². The van der Waals surface area contributed by atoms with E-state index in [1.54, 1.807) is 6.07 Å². The van der Waals surface area contributed by atoms with Crippen LogP contribution in [-0.2, 0) is 12.8 Å². The fourth-order valence-corrected chi connectivity index (χ4v) is 2.41. The van der Waals surface area contributed by atoms with Gasteiger partial charge in [0.2, 0.25) is 0 Å². The van der Waals surface area contributed by atoms with E-state index in [-0.39, 0.29) is 11.5 Å². The molecule has 4 N–H and O–H groups in total. The van der Waals surface area contributed by atoms with Gasteiger partial charge in [0.25, 0.3) is 0 Å². The normalized spacial score (nSPS) is 11.5. The van der Waals surface area contributed by atoms with Crippen LogP contribution in [0.15, 0.2) is 41.5 Å². The van der Waals surface area contributed by atoms with E-state index in [0.29, 0.717) is 30.7 Å². The molecule has 0 radical (unpaired) electrons. The van der Waals surface area contributed by atoms with Crippen LogP contribution >= 0.6 is 0 Å². The van der Waals surface area contributed by atoms with Crippen molar-refractivity contribution in [2.24, 2.45) is 10.9 Å². The van der Waals surface area contributed by atoms with Gasteiger partial charge in [-0.3, -0.25) is 0 Å². The quantitative estimate of drug-likeness (QED) is 0.434. The lowest BCUT2D eigenvalue weighted by Gasteiger charge is -2.11. The predicted molar refractivity (Wildman–Crippen MR) is 91.2 cm³/mol. The monoisotopic (exact) mass is 314 g/mol. The van der Waals surface area contributed by atoms with Crippen molar-refractivity contribution in [3.05, 3.63) is 53.1 Å². The summed E-state index contributed by atoms with van der Waals surface area (Å²) in [6.45, 7) is 4.49. The molecular formula is C18H22N2O3. The van der Waals surface area contributed by atoms with Crippen LogP contribution in [0, 0.1) is 0 Å². The Morgan fingerprint density at radius 3 is 2.35 bits per heavy atom. The summed E-state index contributed by atoms with van der Waals surface area (Å²) in [5.74, 6) is 6.37. The number of ether oxygens (including phenoxy) is 1. The first-order valence-corrected chi connectivity index (χ1v) is 7.62. The molecule has 0 atom stereocenters. The predicted octanol–water partition coefficient (Wildman–Crippen LogP) is 2.96. The molecule has 2 rings (SSSR count). The van der Waals surface area contributed by atoms with Crippen LogP contribution in [0.4, 0.5) is 0 Å². The molecule has 0 amide bonds. The van der Waals surface area contributed by atoms with Crippen molar-refractivity contribution in [1.29, 1.82) is 0 Å². The first-order chi connectivity index (χ1) is 11.1. The fraction of sp³-hybridized carbons (Fsp3) is 0.278. The number of hydrazone groups is 1. The van der Waals surface area contributed by atoms with Crippen LogP contribution in [0.3, 0.4) is 0 Å². The van der Waals surface area contributed by atoms with Gasteiger partial charge in [-0.1, -0.05) is 19.1 Å². The maximum Gasteiger partial charge on any atom is 0.128 e. The second kappa shape index (κ2) is 7.54. The van der Waals surface area contributed by atoms with E-state index < -0.39 is 0 Å². The fourth-order valence-electron chi connectivity index (χ4n) is 2.41. The molecule has 5 heteroatoms. The highest BCUT2D eigenvalue weighted by Gasteiger charge is 2.14. The zero-order valence-electron chi connectivity index (χ0n) is 13.4. The number of hydrogen-bond donors (Lipinski definition) is 3. The second-order valence-electron chi connectivity index (χ2n) is 5.18. The van der Waals surface area contributed by atoms with Gasteiger partial charge in [-0.15, -0.1) is 0 Å². The van der Waals surface area contributed by atoms with Gasteiger partial charge in [-0.25, -0.2) is 0 Å². The molecular weight excluding hydrogens is 292 g/mol. The van der Waals surface area contributed by atoms with Crippen molar-refractivity contribution in [3.8, 4) is 17.2 Å². The molecule has 2 aromatic rings. The number of nitrogens with two attached hydrogens (primary N) is 1. The Kier molecular flexibility index (Phi) is 5.46. The van der Waals surface area contributed by atoms with Gasteiger partial charge in [0.1, 0.15) is 17.2 Å². The average molecular weight is 314 g/mol. The lowest BCUT2D eigenvalue weighted by Crippen LogP contribution is -2.09. The van der Waals surface area contributed by atoms with Crippen molar-refractivity contribution >= 4 is 5.71 Å². The average Bonchev–Trinajstić information content (AvgIpc) is 2.55. The molecule has 0 unspecified atom stereocenters. The molecule has 0 aromatic heterocycles. The van der Waals surface area contributed by atoms with Crippen molar-refractivity contribution in [2.45, 2.75) is 26.7 Å². The molecule has 5 nitrogen and oxygen atoms in total. The number of phenolic OH excluding ortho intramolecular Hbond substituents is 2. The summed E-state index contributed by atoms with van der Waals surface area (Å²) in [6, 6.07) is 10.7. The standard InChI is InChI=1S/C18H22N2O3/c1-3-13-10-15(18(22)11-17(13)21)16(20-19)9-12-5-7-14(8-6-12)23-4-2/h5-8,10-11,21-22H,3-4,9,19H2,1-2H3. The topological polar surface area (TPSA) is 88.1 Å². The molecule has 0 saturated heterocycles. The summed E-state index contributed by atoms with van der Waals surface area (Å²) in [6.07, 6.45) is 1.13. The van der Waals surface area contributed by atoms with E-state index >= 15 is 0 Å². The smallest absolute Gasteiger partial charge is 0.128 e. The van der Waals surface area contributed by atoms with Crippen LogP contribution in [0.25, 0.3) is 0 Å². The summed E-state index contributed by atoms with van der Waals surface area (Å²) < 4.78 is 5.42. The van der Waals surface area contributed by atoms with Crippen LogP contribution in [0.5, 0.6) is 17.2 Å². The number of nitrogens with zero attached hydrogens (tertiary/aromatic N) is 1. The number of aromatic hydroxyl groups is 2. The van der Waals surface area contributed by atoms with E-state index in [9.17, 15) is 10.2 Å². The molecule has 23 heavy (non-hydrogen) atoms. The van der Waals surface area contributed by atoms with Crippen LogP contribution in [0.2, 0.25) is 0 Å². The number of benzene rings is 2. The third kappa shape index (κ3) is 3.94. The number of hydrogen-bond acceptors (Lipinski definition) is 5. The molecule has 0 heterocycles. The van der Waals surface area contributed by atoms with Gasteiger partial charge < -0.3 is 20.8 Å². The van der Waals surface area contributed by atoms with E-state index in [2.05, 4.69) is 5.10 Å². The van der Waals surface area contributed by atoms with Gasteiger partial charge in [-0.05, 0) is 42.7 Å². The largest absolute Gasteiger partial charge is 0.508 e. The molecule has 0 bridgehead atoms. The number of phenols is 2. The SMILES string of the molecule is CCOc1ccc(CC(=NN)c2cc(CC)c(O)cc2O)cc1. The Labute approximate surface area is 136 Å². The van der Waals surface area contributed by atoms with E-state index in [0.717, 1.165) is 16.9 Å². The van der Waals surface area contributed by atoms with Crippen molar-refractivity contribution in [1.82, 2.24) is 0 Å². The van der Waals surface area contributed by atoms with Crippen molar-refractivity contribution in [3.63, 3.8) is 0 Å². The Bertz CT molecular complexity index is 694. The summed E-state index contributed by atoms with van der Waals surface area (Å²) in [7, 11) is 0. The minimum absolute atomic E-state index is 0.0326. The maximum absolute atomic E-state index is 10.1. The van der Waals surface area contributed by atoms with Crippen molar-refractivity contribution in [2.75, 3.05) is 6.61 Å². The number of rotatable bonds is 6. The van der Waals surface area contributed by atoms with E-state index in [4.69, 9.17) is 10.6 Å². The first-order valence-electron chi connectivity index (χ1n) is 7.62. The molecule has 0 aliphatic heterocycles. The Hall–Kier alpha value is -2.69. The zero-order valence-corrected chi connectivity index (χ0v) is 13.4. The highest BCUT2D eigenvalue weighted by atomic mass is 16.5. The van der Waals surface area contributed by atoms with Crippen LogP contribution in [0.1, 0.15) is 30.5 Å². The van der Waals surface area contributed by atoms with Gasteiger partial charge in [-0.2, -0.15) is 5.10 Å².